The number of benzene rings is 2. The quantitative estimate of drug-likeness (QED) is 0.310. The van der Waals surface area contributed by atoms with Gasteiger partial charge in [-0.25, -0.2) is 0 Å². The fraction of sp³-hybridized carbons (Fsp3) is 0.207. The van der Waals surface area contributed by atoms with Crippen LogP contribution >= 0.6 is 12.2 Å². The fourth-order valence-electron chi connectivity index (χ4n) is 4.74. The van der Waals surface area contributed by atoms with Gasteiger partial charge in [-0.05, 0) is 79.3 Å². The van der Waals surface area contributed by atoms with Crippen molar-refractivity contribution in [2.45, 2.75) is 32.4 Å². The monoisotopic (exact) mass is 511 g/mol. The molecule has 4 aromatic rings. The van der Waals surface area contributed by atoms with Gasteiger partial charge < -0.3 is 24.8 Å². The van der Waals surface area contributed by atoms with Crippen molar-refractivity contribution in [1.29, 1.82) is 0 Å². The van der Waals surface area contributed by atoms with E-state index in [0.717, 1.165) is 39.8 Å². The number of ether oxygens (including phenoxy) is 1. The van der Waals surface area contributed by atoms with Crippen LogP contribution in [-0.2, 0) is 4.79 Å². The number of amides is 1. The first-order valence-corrected chi connectivity index (χ1v) is 12.6. The minimum atomic E-state index is -0.181. The third-order valence-corrected chi connectivity index (χ3v) is 6.91. The highest BCUT2D eigenvalue weighted by molar-refractivity contribution is 7.80. The molecule has 1 fully saturated rings. The average Bonchev–Trinajstić information content (AvgIpc) is 3.54. The van der Waals surface area contributed by atoms with Gasteiger partial charge in [0.15, 0.2) is 5.11 Å². The maximum atomic E-state index is 12.0. The molecule has 1 amide bonds. The number of aryl methyl sites for hydroxylation is 1. The van der Waals surface area contributed by atoms with E-state index in [4.69, 9.17) is 17.0 Å². The van der Waals surface area contributed by atoms with Crippen LogP contribution in [0.4, 0.5) is 11.4 Å². The Morgan fingerprint density at radius 2 is 1.95 bits per heavy atom. The summed E-state index contributed by atoms with van der Waals surface area (Å²) in [7, 11) is 1.67. The molecule has 7 nitrogen and oxygen atoms in total. The maximum absolute atomic E-state index is 12.0. The SMILES string of the molecule is CCC(=O)Nc1ccc(N2C(=S)N[C@@H](c3ccccn3)[C@H]2c2cccn2-c2cccc(OC)c2)cc1C. The molecule has 0 bridgehead atoms. The molecule has 1 saturated heterocycles. The van der Waals surface area contributed by atoms with Gasteiger partial charge in [0, 0.05) is 47.6 Å². The van der Waals surface area contributed by atoms with E-state index in [2.05, 4.69) is 43.3 Å². The van der Waals surface area contributed by atoms with Crippen molar-refractivity contribution in [1.82, 2.24) is 14.9 Å². The molecule has 2 N–H and O–H groups in total. The van der Waals surface area contributed by atoms with Gasteiger partial charge in [-0.1, -0.05) is 19.1 Å². The summed E-state index contributed by atoms with van der Waals surface area (Å²) in [5.41, 5.74) is 5.64. The number of hydrogen-bond donors (Lipinski definition) is 2. The van der Waals surface area contributed by atoms with E-state index in [0.29, 0.717) is 11.5 Å². The molecular formula is C29H29N5O2S. The smallest absolute Gasteiger partial charge is 0.224 e. The lowest BCUT2D eigenvalue weighted by atomic mass is 10.00. The number of anilines is 2. The summed E-state index contributed by atoms with van der Waals surface area (Å²) in [4.78, 5) is 18.8. The van der Waals surface area contributed by atoms with Crippen LogP contribution in [0.5, 0.6) is 5.75 Å². The van der Waals surface area contributed by atoms with E-state index in [1.807, 2.05) is 74.6 Å². The number of carbonyl (C=O) groups is 1. The molecule has 1 aliphatic heterocycles. The number of thiocarbonyl (C=S) groups is 1. The largest absolute Gasteiger partial charge is 0.497 e. The highest BCUT2D eigenvalue weighted by atomic mass is 32.1. The van der Waals surface area contributed by atoms with Crippen LogP contribution in [0, 0.1) is 6.92 Å². The second-order valence-electron chi connectivity index (χ2n) is 8.90. The van der Waals surface area contributed by atoms with Crippen molar-refractivity contribution in [3.8, 4) is 11.4 Å². The van der Waals surface area contributed by atoms with E-state index in [9.17, 15) is 4.79 Å². The number of rotatable bonds is 7. The first kappa shape index (κ1) is 24.5. The molecule has 2 aromatic heterocycles. The summed E-state index contributed by atoms with van der Waals surface area (Å²) in [6.45, 7) is 3.83. The molecule has 37 heavy (non-hydrogen) atoms. The fourth-order valence-corrected chi connectivity index (χ4v) is 5.09. The lowest BCUT2D eigenvalue weighted by Crippen LogP contribution is -2.30. The normalized spacial score (nSPS) is 16.9. The molecule has 0 spiro atoms. The molecule has 0 saturated carbocycles. The van der Waals surface area contributed by atoms with E-state index in [1.165, 1.54) is 0 Å². The van der Waals surface area contributed by atoms with Crippen LogP contribution in [0.1, 0.15) is 42.4 Å². The zero-order chi connectivity index (χ0) is 25.9. The molecule has 0 radical (unpaired) electrons. The number of hydrogen-bond acceptors (Lipinski definition) is 4. The Kier molecular flexibility index (Phi) is 6.92. The predicted molar refractivity (Wildman–Crippen MR) is 150 cm³/mol. The summed E-state index contributed by atoms with van der Waals surface area (Å²) < 4.78 is 7.64. The summed E-state index contributed by atoms with van der Waals surface area (Å²) >= 11 is 5.90. The first-order chi connectivity index (χ1) is 18.0. The van der Waals surface area contributed by atoms with Crippen LogP contribution < -0.4 is 20.3 Å². The highest BCUT2D eigenvalue weighted by Gasteiger charge is 2.42. The summed E-state index contributed by atoms with van der Waals surface area (Å²) in [6, 6.07) is 23.7. The van der Waals surface area contributed by atoms with Crippen molar-refractivity contribution in [3.05, 3.63) is 102 Å². The molecule has 188 valence electrons. The van der Waals surface area contributed by atoms with Crippen molar-refractivity contribution in [2.24, 2.45) is 0 Å². The Morgan fingerprint density at radius 3 is 2.68 bits per heavy atom. The van der Waals surface area contributed by atoms with E-state index in [1.54, 1.807) is 13.3 Å². The van der Waals surface area contributed by atoms with Crippen LogP contribution in [0.2, 0.25) is 0 Å². The molecule has 0 aliphatic carbocycles. The first-order valence-electron chi connectivity index (χ1n) is 12.2. The van der Waals surface area contributed by atoms with Gasteiger partial charge in [-0.15, -0.1) is 0 Å². The number of pyridine rings is 1. The maximum Gasteiger partial charge on any atom is 0.224 e. The lowest BCUT2D eigenvalue weighted by molar-refractivity contribution is -0.115. The Hall–Kier alpha value is -4.17. The number of nitrogens with zero attached hydrogens (tertiary/aromatic N) is 3. The van der Waals surface area contributed by atoms with Gasteiger partial charge >= 0.3 is 0 Å². The predicted octanol–water partition coefficient (Wildman–Crippen LogP) is 5.71. The Balaban J connectivity index is 1.61. The van der Waals surface area contributed by atoms with Crippen LogP contribution in [0.3, 0.4) is 0 Å². The Bertz CT molecular complexity index is 1440. The minimum Gasteiger partial charge on any atom is -0.497 e. The Morgan fingerprint density at radius 1 is 1.08 bits per heavy atom. The second kappa shape index (κ2) is 10.4. The average molecular weight is 512 g/mol. The molecule has 1 aliphatic rings. The molecule has 0 unspecified atom stereocenters. The summed E-state index contributed by atoms with van der Waals surface area (Å²) in [5, 5.41) is 7.11. The minimum absolute atomic E-state index is 0.0154. The number of aromatic nitrogens is 2. The lowest BCUT2D eigenvalue weighted by Gasteiger charge is -2.29. The van der Waals surface area contributed by atoms with Crippen molar-refractivity contribution < 1.29 is 9.53 Å². The second-order valence-corrected chi connectivity index (χ2v) is 9.29. The molecular weight excluding hydrogens is 482 g/mol. The third-order valence-electron chi connectivity index (χ3n) is 6.60. The summed E-state index contributed by atoms with van der Waals surface area (Å²) in [6.07, 6.45) is 4.28. The standard InChI is InChI=1S/C29H29N5O2S/c1-4-26(35)31-23-14-13-21(17-19(23)2)34-28(27(32-29(34)37)24-11-5-6-15-30-24)25-12-8-16-33(25)20-9-7-10-22(18-20)36-3/h5-18,27-28H,4H2,1-3H3,(H,31,35)(H,32,37)/t27-,28+/m0/s1. The van der Waals surface area contributed by atoms with Crippen molar-refractivity contribution in [2.75, 3.05) is 17.3 Å². The summed E-state index contributed by atoms with van der Waals surface area (Å²) in [5.74, 6) is 0.772. The van der Waals surface area contributed by atoms with Crippen LogP contribution in [-0.4, -0.2) is 27.7 Å². The highest BCUT2D eigenvalue weighted by Crippen LogP contribution is 2.43. The molecule has 2 atom stereocenters. The van der Waals surface area contributed by atoms with E-state index >= 15 is 0 Å². The molecule has 2 aromatic carbocycles. The number of carbonyl (C=O) groups excluding carboxylic acids is 1. The Labute approximate surface area is 222 Å². The van der Waals surface area contributed by atoms with Gasteiger partial charge in [0.05, 0.1) is 18.8 Å². The number of methoxy groups -OCH3 is 1. The van der Waals surface area contributed by atoms with Gasteiger partial charge in [0.25, 0.3) is 0 Å². The number of nitrogens with one attached hydrogen (secondary N) is 2. The zero-order valence-corrected chi connectivity index (χ0v) is 21.8. The molecule has 8 heteroatoms. The van der Waals surface area contributed by atoms with Crippen molar-refractivity contribution in [3.63, 3.8) is 0 Å². The van der Waals surface area contributed by atoms with Crippen LogP contribution in [0.25, 0.3) is 5.69 Å². The van der Waals surface area contributed by atoms with E-state index in [-0.39, 0.29) is 18.0 Å². The van der Waals surface area contributed by atoms with Gasteiger partial charge in [-0.3, -0.25) is 9.78 Å². The molecule has 3 heterocycles. The molecule has 5 rings (SSSR count). The zero-order valence-electron chi connectivity index (χ0n) is 21.0. The van der Waals surface area contributed by atoms with Gasteiger partial charge in [0.1, 0.15) is 11.8 Å². The topological polar surface area (TPSA) is 71.4 Å². The van der Waals surface area contributed by atoms with Crippen molar-refractivity contribution >= 4 is 34.6 Å². The van der Waals surface area contributed by atoms with Gasteiger partial charge in [0.2, 0.25) is 5.91 Å². The van der Waals surface area contributed by atoms with Gasteiger partial charge in [-0.2, -0.15) is 0 Å². The van der Waals surface area contributed by atoms with E-state index < -0.39 is 0 Å². The third kappa shape index (κ3) is 4.80. The van der Waals surface area contributed by atoms with Crippen LogP contribution in [0.15, 0.2) is 85.2 Å².